The number of ether oxygens (including phenoxy) is 1. The summed E-state index contributed by atoms with van der Waals surface area (Å²) in [4.78, 5) is 30.5. The van der Waals surface area contributed by atoms with E-state index in [4.69, 9.17) is 4.74 Å². The maximum absolute atomic E-state index is 12.4. The Labute approximate surface area is 158 Å². The lowest BCUT2D eigenvalue weighted by Gasteiger charge is -2.37. The standard InChI is InChI=1S/C19H36N4O3/c1-15(2)23-8-6-7-16(14-23)13-20-17(24)21-9-11-22(12-10-21)18(25)26-19(3,4)5/h15-16H,6-14H2,1-5H3,(H,20,24). The Hall–Kier alpha value is -1.50. The maximum Gasteiger partial charge on any atom is 0.410 e. The predicted molar refractivity (Wildman–Crippen MR) is 102 cm³/mol. The number of urea groups is 1. The molecular formula is C19H36N4O3. The van der Waals surface area contributed by atoms with Crippen LogP contribution >= 0.6 is 0 Å². The number of carbonyl (C=O) groups excluding carboxylic acids is 2. The minimum absolute atomic E-state index is 0.0180. The highest BCUT2D eigenvalue weighted by Gasteiger charge is 2.28. The second kappa shape index (κ2) is 8.93. The van der Waals surface area contributed by atoms with Gasteiger partial charge in [0.05, 0.1) is 0 Å². The molecule has 150 valence electrons. The minimum Gasteiger partial charge on any atom is -0.444 e. The van der Waals surface area contributed by atoms with E-state index in [1.807, 2.05) is 20.8 Å². The van der Waals surface area contributed by atoms with E-state index in [9.17, 15) is 9.59 Å². The minimum atomic E-state index is -0.491. The largest absolute Gasteiger partial charge is 0.444 e. The van der Waals surface area contributed by atoms with Gasteiger partial charge in [-0.15, -0.1) is 0 Å². The van der Waals surface area contributed by atoms with Gasteiger partial charge in [-0.2, -0.15) is 0 Å². The van der Waals surface area contributed by atoms with Crippen molar-refractivity contribution in [3.63, 3.8) is 0 Å². The summed E-state index contributed by atoms with van der Waals surface area (Å²) in [5, 5.41) is 3.09. The molecule has 0 saturated carbocycles. The molecule has 7 heteroatoms. The summed E-state index contributed by atoms with van der Waals surface area (Å²) in [6, 6.07) is 0.546. The number of nitrogens with one attached hydrogen (secondary N) is 1. The Morgan fingerprint density at radius 1 is 1.08 bits per heavy atom. The zero-order valence-electron chi connectivity index (χ0n) is 17.1. The molecule has 1 N–H and O–H groups in total. The summed E-state index contributed by atoms with van der Waals surface area (Å²) >= 11 is 0. The van der Waals surface area contributed by atoms with E-state index < -0.39 is 5.60 Å². The number of piperazine rings is 1. The first-order chi connectivity index (χ1) is 12.2. The van der Waals surface area contributed by atoms with Crippen LogP contribution in [0.3, 0.4) is 0 Å². The summed E-state index contributed by atoms with van der Waals surface area (Å²) in [5.41, 5.74) is -0.491. The summed E-state index contributed by atoms with van der Waals surface area (Å²) in [7, 11) is 0. The molecule has 3 amide bonds. The lowest BCUT2D eigenvalue weighted by atomic mass is 9.97. The molecule has 0 aromatic rings. The number of carbonyl (C=O) groups is 2. The molecule has 7 nitrogen and oxygen atoms in total. The van der Waals surface area contributed by atoms with Crippen LogP contribution in [0.15, 0.2) is 0 Å². The van der Waals surface area contributed by atoms with Crippen molar-refractivity contribution in [2.45, 2.75) is 59.1 Å². The Kier molecular flexibility index (Phi) is 7.15. The summed E-state index contributed by atoms with van der Waals surface area (Å²) < 4.78 is 5.39. The molecule has 0 aliphatic carbocycles. The number of likely N-dealkylation sites (tertiary alicyclic amines) is 1. The van der Waals surface area contributed by atoms with Crippen molar-refractivity contribution in [2.24, 2.45) is 5.92 Å². The van der Waals surface area contributed by atoms with E-state index in [1.165, 1.54) is 12.8 Å². The van der Waals surface area contributed by atoms with Crippen LogP contribution in [0.1, 0.15) is 47.5 Å². The van der Waals surface area contributed by atoms with Gasteiger partial charge in [0, 0.05) is 45.3 Å². The smallest absolute Gasteiger partial charge is 0.410 e. The molecule has 2 rings (SSSR count). The lowest BCUT2D eigenvalue weighted by Crippen LogP contribution is -2.54. The van der Waals surface area contributed by atoms with Crippen molar-refractivity contribution in [3.8, 4) is 0 Å². The molecule has 2 fully saturated rings. The Morgan fingerprint density at radius 3 is 2.27 bits per heavy atom. The number of amides is 3. The van der Waals surface area contributed by atoms with E-state index >= 15 is 0 Å². The van der Waals surface area contributed by atoms with Crippen LogP contribution in [0.4, 0.5) is 9.59 Å². The van der Waals surface area contributed by atoms with Gasteiger partial charge in [-0.3, -0.25) is 0 Å². The van der Waals surface area contributed by atoms with Crippen LogP contribution in [0, 0.1) is 5.92 Å². The second-order valence-electron chi connectivity index (χ2n) is 8.74. The van der Waals surface area contributed by atoms with Crippen LogP contribution in [0.5, 0.6) is 0 Å². The third-order valence-electron chi connectivity index (χ3n) is 5.04. The molecule has 2 aliphatic heterocycles. The van der Waals surface area contributed by atoms with Crippen LogP contribution in [-0.2, 0) is 4.74 Å². The number of rotatable bonds is 3. The zero-order chi connectivity index (χ0) is 19.3. The Balaban J connectivity index is 1.70. The normalized spacial score (nSPS) is 22.5. The van der Waals surface area contributed by atoms with Gasteiger partial charge in [0.15, 0.2) is 0 Å². The van der Waals surface area contributed by atoms with E-state index in [0.717, 1.165) is 19.6 Å². The fourth-order valence-corrected chi connectivity index (χ4v) is 3.49. The summed E-state index contributed by atoms with van der Waals surface area (Å²) in [5.74, 6) is 0.526. The van der Waals surface area contributed by atoms with Crippen LogP contribution in [0.25, 0.3) is 0 Å². The Bertz CT molecular complexity index is 482. The molecule has 2 saturated heterocycles. The summed E-state index contributed by atoms with van der Waals surface area (Å²) in [6.45, 7) is 15.1. The van der Waals surface area contributed by atoms with E-state index in [1.54, 1.807) is 9.80 Å². The maximum atomic E-state index is 12.4. The van der Waals surface area contributed by atoms with Crippen molar-refractivity contribution >= 4 is 12.1 Å². The molecule has 0 radical (unpaired) electrons. The number of hydrogen-bond acceptors (Lipinski definition) is 4. The molecule has 1 atom stereocenters. The highest BCUT2D eigenvalue weighted by molar-refractivity contribution is 5.75. The van der Waals surface area contributed by atoms with Gasteiger partial charge in [-0.05, 0) is 59.9 Å². The van der Waals surface area contributed by atoms with Crippen LogP contribution in [-0.4, -0.2) is 84.3 Å². The number of hydrogen-bond donors (Lipinski definition) is 1. The van der Waals surface area contributed by atoms with Gasteiger partial charge >= 0.3 is 12.1 Å². The molecule has 0 aromatic heterocycles. The van der Waals surface area contributed by atoms with Crippen molar-refractivity contribution in [1.29, 1.82) is 0 Å². The fraction of sp³-hybridized carbons (Fsp3) is 0.895. The van der Waals surface area contributed by atoms with E-state index in [2.05, 4.69) is 24.1 Å². The predicted octanol–water partition coefficient (Wildman–Crippen LogP) is 2.37. The number of piperidine rings is 1. The monoisotopic (exact) mass is 368 g/mol. The molecule has 0 spiro atoms. The van der Waals surface area contributed by atoms with E-state index in [0.29, 0.717) is 38.1 Å². The zero-order valence-corrected chi connectivity index (χ0v) is 17.1. The Morgan fingerprint density at radius 2 is 1.69 bits per heavy atom. The highest BCUT2D eigenvalue weighted by atomic mass is 16.6. The van der Waals surface area contributed by atoms with Gasteiger partial charge in [0.25, 0.3) is 0 Å². The molecule has 2 heterocycles. The third-order valence-corrected chi connectivity index (χ3v) is 5.04. The van der Waals surface area contributed by atoms with Crippen LogP contribution in [0.2, 0.25) is 0 Å². The van der Waals surface area contributed by atoms with Crippen molar-refractivity contribution < 1.29 is 14.3 Å². The molecule has 1 unspecified atom stereocenters. The van der Waals surface area contributed by atoms with Gasteiger partial charge in [-0.1, -0.05) is 0 Å². The first-order valence-electron chi connectivity index (χ1n) is 9.90. The van der Waals surface area contributed by atoms with Gasteiger partial charge in [0.1, 0.15) is 5.60 Å². The lowest BCUT2D eigenvalue weighted by molar-refractivity contribution is 0.0169. The highest BCUT2D eigenvalue weighted by Crippen LogP contribution is 2.18. The van der Waals surface area contributed by atoms with Gasteiger partial charge in [-0.25, -0.2) is 9.59 Å². The average molecular weight is 369 g/mol. The third kappa shape index (κ3) is 6.34. The van der Waals surface area contributed by atoms with Gasteiger partial charge in [0.2, 0.25) is 0 Å². The first-order valence-corrected chi connectivity index (χ1v) is 9.90. The van der Waals surface area contributed by atoms with Crippen molar-refractivity contribution in [3.05, 3.63) is 0 Å². The quantitative estimate of drug-likeness (QED) is 0.831. The summed E-state index contributed by atoms with van der Waals surface area (Å²) in [6.07, 6.45) is 2.08. The molecule has 26 heavy (non-hydrogen) atoms. The molecule has 0 bridgehead atoms. The van der Waals surface area contributed by atoms with E-state index in [-0.39, 0.29) is 12.1 Å². The molecule has 0 aromatic carbocycles. The SMILES string of the molecule is CC(C)N1CCCC(CNC(=O)N2CCN(C(=O)OC(C)(C)C)CC2)C1. The first kappa shape index (κ1) is 20.8. The fourth-order valence-electron chi connectivity index (χ4n) is 3.49. The number of nitrogens with zero attached hydrogens (tertiary/aromatic N) is 3. The van der Waals surface area contributed by atoms with Crippen molar-refractivity contribution in [1.82, 2.24) is 20.0 Å². The van der Waals surface area contributed by atoms with Gasteiger partial charge < -0.3 is 24.8 Å². The molecular weight excluding hydrogens is 332 g/mol. The average Bonchev–Trinajstić information content (AvgIpc) is 2.58. The molecule has 2 aliphatic rings. The second-order valence-corrected chi connectivity index (χ2v) is 8.74. The topological polar surface area (TPSA) is 65.1 Å². The van der Waals surface area contributed by atoms with Crippen molar-refractivity contribution in [2.75, 3.05) is 45.8 Å². The van der Waals surface area contributed by atoms with Crippen LogP contribution < -0.4 is 5.32 Å².